The number of hydrogen-bond donors (Lipinski definition) is 1. The SMILES string of the molecule is Cc1cccc(NC(=O)C(=O)N(CCC#N)Cc2cccnc2)c1C. The van der Waals surface area contributed by atoms with Gasteiger partial charge in [-0.15, -0.1) is 0 Å². The zero-order valence-corrected chi connectivity index (χ0v) is 14.3. The first kappa shape index (κ1) is 18.1. The van der Waals surface area contributed by atoms with E-state index in [-0.39, 0.29) is 19.5 Å². The average Bonchev–Trinajstić information content (AvgIpc) is 2.62. The molecule has 0 radical (unpaired) electrons. The van der Waals surface area contributed by atoms with Crippen LogP contribution in [0.3, 0.4) is 0 Å². The van der Waals surface area contributed by atoms with Crippen molar-refractivity contribution in [2.45, 2.75) is 26.8 Å². The monoisotopic (exact) mass is 336 g/mol. The van der Waals surface area contributed by atoms with Crippen molar-refractivity contribution in [2.24, 2.45) is 0 Å². The highest BCUT2D eigenvalue weighted by atomic mass is 16.2. The minimum absolute atomic E-state index is 0.156. The number of aromatic nitrogens is 1. The first-order valence-electron chi connectivity index (χ1n) is 7.95. The predicted molar refractivity (Wildman–Crippen MR) is 94.4 cm³/mol. The van der Waals surface area contributed by atoms with Crippen molar-refractivity contribution in [3.8, 4) is 6.07 Å². The van der Waals surface area contributed by atoms with E-state index < -0.39 is 11.8 Å². The third-order valence-electron chi connectivity index (χ3n) is 3.92. The molecule has 0 unspecified atom stereocenters. The third kappa shape index (κ3) is 4.88. The van der Waals surface area contributed by atoms with E-state index in [1.165, 1.54) is 4.90 Å². The molecule has 0 bridgehead atoms. The highest BCUT2D eigenvalue weighted by molar-refractivity contribution is 6.39. The van der Waals surface area contributed by atoms with Gasteiger partial charge < -0.3 is 10.2 Å². The second kappa shape index (κ2) is 8.60. The highest BCUT2D eigenvalue weighted by Crippen LogP contribution is 2.18. The van der Waals surface area contributed by atoms with E-state index in [1.807, 2.05) is 38.1 Å². The molecule has 1 heterocycles. The van der Waals surface area contributed by atoms with Gasteiger partial charge in [-0.25, -0.2) is 0 Å². The molecule has 2 amide bonds. The van der Waals surface area contributed by atoms with E-state index in [1.54, 1.807) is 24.5 Å². The Morgan fingerprint density at radius 2 is 2.04 bits per heavy atom. The minimum atomic E-state index is -0.712. The van der Waals surface area contributed by atoms with Crippen molar-refractivity contribution in [3.05, 3.63) is 59.4 Å². The van der Waals surface area contributed by atoms with Crippen LogP contribution >= 0.6 is 0 Å². The fourth-order valence-corrected chi connectivity index (χ4v) is 2.36. The Labute approximate surface area is 147 Å². The zero-order valence-electron chi connectivity index (χ0n) is 14.3. The van der Waals surface area contributed by atoms with E-state index in [9.17, 15) is 9.59 Å². The highest BCUT2D eigenvalue weighted by Gasteiger charge is 2.22. The van der Waals surface area contributed by atoms with Gasteiger partial charge in [-0.3, -0.25) is 14.6 Å². The number of amides is 2. The summed E-state index contributed by atoms with van der Waals surface area (Å²) in [7, 11) is 0. The lowest BCUT2D eigenvalue weighted by molar-refractivity contribution is -0.143. The summed E-state index contributed by atoms with van der Waals surface area (Å²) in [6, 6.07) is 11.1. The Hall–Kier alpha value is -3.20. The normalized spacial score (nSPS) is 9.96. The second-order valence-electron chi connectivity index (χ2n) is 5.70. The van der Waals surface area contributed by atoms with Gasteiger partial charge in [0.2, 0.25) is 0 Å². The van der Waals surface area contributed by atoms with Crippen molar-refractivity contribution < 1.29 is 9.59 Å². The molecule has 0 aliphatic heterocycles. The zero-order chi connectivity index (χ0) is 18.2. The Balaban J connectivity index is 2.13. The maximum Gasteiger partial charge on any atom is 0.313 e. The number of carbonyl (C=O) groups excluding carboxylic acids is 2. The molecule has 2 aromatic rings. The molecule has 0 aliphatic carbocycles. The van der Waals surface area contributed by atoms with E-state index in [0.717, 1.165) is 16.7 Å². The quantitative estimate of drug-likeness (QED) is 0.850. The number of nitriles is 1. The van der Waals surface area contributed by atoms with Crippen molar-refractivity contribution in [1.29, 1.82) is 5.26 Å². The lowest BCUT2D eigenvalue weighted by atomic mass is 10.1. The lowest BCUT2D eigenvalue weighted by Gasteiger charge is -2.21. The molecule has 0 spiro atoms. The summed E-state index contributed by atoms with van der Waals surface area (Å²) >= 11 is 0. The topological polar surface area (TPSA) is 86.1 Å². The molecule has 128 valence electrons. The molecule has 1 N–H and O–H groups in total. The largest absolute Gasteiger partial charge is 0.329 e. The van der Waals surface area contributed by atoms with Crippen LogP contribution < -0.4 is 5.32 Å². The number of nitrogens with zero attached hydrogens (tertiary/aromatic N) is 3. The van der Waals surface area contributed by atoms with Crippen LogP contribution in [0.2, 0.25) is 0 Å². The Bertz CT molecular complexity index is 797. The molecule has 0 aliphatic rings. The van der Waals surface area contributed by atoms with Crippen molar-refractivity contribution in [3.63, 3.8) is 0 Å². The molecule has 6 heteroatoms. The van der Waals surface area contributed by atoms with Gasteiger partial charge in [0.15, 0.2) is 0 Å². The van der Waals surface area contributed by atoms with Gasteiger partial charge >= 0.3 is 11.8 Å². The molecule has 0 atom stereocenters. The molecule has 0 fully saturated rings. The number of benzene rings is 1. The number of hydrogen-bond acceptors (Lipinski definition) is 4. The smallest absolute Gasteiger partial charge is 0.313 e. The number of nitrogens with one attached hydrogen (secondary N) is 1. The molecule has 1 aromatic heterocycles. The summed E-state index contributed by atoms with van der Waals surface area (Å²) in [5, 5.41) is 11.5. The van der Waals surface area contributed by atoms with E-state index in [2.05, 4.69) is 10.3 Å². The lowest BCUT2D eigenvalue weighted by Crippen LogP contribution is -2.40. The molecule has 6 nitrogen and oxygen atoms in total. The number of aryl methyl sites for hydroxylation is 1. The Morgan fingerprint density at radius 1 is 1.24 bits per heavy atom. The van der Waals surface area contributed by atoms with Gasteiger partial charge in [-0.2, -0.15) is 5.26 Å². The van der Waals surface area contributed by atoms with Crippen molar-refractivity contribution in [2.75, 3.05) is 11.9 Å². The third-order valence-corrected chi connectivity index (χ3v) is 3.92. The fourth-order valence-electron chi connectivity index (χ4n) is 2.36. The van der Waals surface area contributed by atoms with Crippen LogP contribution in [0.1, 0.15) is 23.1 Å². The summed E-state index contributed by atoms with van der Waals surface area (Å²) in [6.07, 6.45) is 3.43. The van der Waals surface area contributed by atoms with Gasteiger partial charge in [-0.1, -0.05) is 18.2 Å². The second-order valence-corrected chi connectivity index (χ2v) is 5.70. The maximum absolute atomic E-state index is 12.5. The maximum atomic E-state index is 12.5. The predicted octanol–water partition coefficient (Wildman–Crippen LogP) is 2.58. The van der Waals surface area contributed by atoms with Crippen LogP contribution in [0.4, 0.5) is 5.69 Å². The molecule has 0 saturated carbocycles. The molecule has 2 rings (SSSR count). The Kier molecular flexibility index (Phi) is 6.24. The first-order valence-corrected chi connectivity index (χ1v) is 7.95. The molecule has 25 heavy (non-hydrogen) atoms. The van der Waals surface area contributed by atoms with Crippen LogP contribution in [0.25, 0.3) is 0 Å². The minimum Gasteiger partial charge on any atom is -0.329 e. The summed E-state index contributed by atoms with van der Waals surface area (Å²) in [5.41, 5.74) is 3.36. The molecule has 1 aromatic carbocycles. The van der Waals surface area contributed by atoms with E-state index in [0.29, 0.717) is 5.69 Å². The fraction of sp³-hybridized carbons (Fsp3) is 0.263. The van der Waals surface area contributed by atoms with Gasteiger partial charge in [0.05, 0.1) is 12.5 Å². The van der Waals surface area contributed by atoms with Gasteiger partial charge in [-0.05, 0) is 42.7 Å². The van der Waals surface area contributed by atoms with E-state index >= 15 is 0 Å². The van der Waals surface area contributed by atoms with Crippen molar-refractivity contribution >= 4 is 17.5 Å². The molecular weight excluding hydrogens is 316 g/mol. The van der Waals surface area contributed by atoms with Gasteiger partial charge in [0, 0.05) is 31.2 Å². The molecular formula is C19H20N4O2. The Morgan fingerprint density at radius 3 is 2.72 bits per heavy atom. The summed E-state index contributed by atoms with van der Waals surface area (Å²) in [6.45, 7) is 4.24. The average molecular weight is 336 g/mol. The summed E-state index contributed by atoms with van der Waals surface area (Å²) < 4.78 is 0. The van der Waals surface area contributed by atoms with Gasteiger partial charge in [0.25, 0.3) is 0 Å². The van der Waals surface area contributed by atoms with Gasteiger partial charge in [0.1, 0.15) is 0 Å². The number of anilines is 1. The van der Waals surface area contributed by atoms with Crippen LogP contribution in [0.5, 0.6) is 0 Å². The number of carbonyl (C=O) groups is 2. The van der Waals surface area contributed by atoms with E-state index in [4.69, 9.17) is 5.26 Å². The summed E-state index contributed by atoms with van der Waals surface area (Å²) in [5.74, 6) is -1.38. The summed E-state index contributed by atoms with van der Waals surface area (Å²) in [4.78, 5) is 30.3. The number of pyridine rings is 1. The van der Waals surface area contributed by atoms with Crippen LogP contribution in [-0.2, 0) is 16.1 Å². The van der Waals surface area contributed by atoms with Crippen molar-refractivity contribution in [1.82, 2.24) is 9.88 Å². The van der Waals surface area contributed by atoms with Crippen LogP contribution in [0.15, 0.2) is 42.7 Å². The number of rotatable bonds is 5. The van der Waals surface area contributed by atoms with Crippen LogP contribution in [0, 0.1) is 25.2 Å². The molecule has 0 saturated heterocycles. The first-order chi connectivity index (χ1) is 12.0. The van der Waals surface area contributed by atoms with Crippen LogP contribution in [-0.4, -0.2) is 28.2 Å². The standard InChI is InChI=1S/C19H20N4O2/c1-14-6-3-8-17(15(14)2)22-18(24)19(25)23(11-5-9-20)13-16-7-4-10-21-12-16/h3-4,6-8,10,12H,5,11,13H2,1-2H3,(H,22,24).